The summed E-state index contributed by atoms with van der Waals surface area (Å²) in [5, 5.41) is 0.479. The largest absolute Gasteiger partial charge is 0.483 e. The summed E-state index contributed by atoms with van der Waals surface area (Å²) < 4.78 is 24.0. The summed E-state index contributed by atoms with van der Waals surface area (Å²) in [7, 11) is 0. The van der Waals surface area contributed by atoms with Crippen LogP contribution >= 0.6 is 11.6 Å². The van der Waals surface area contributed by atoms with Gasteiger partial charge in [-0.05, 0) is 56.7 Å². The topological polar surface area (TPSA) is 59.1 Å². The van der Waals surface area contributed by atoms with Crippen molar-refractivity contribution in [2.24, 2.45) is 0 Å². The fourth-order valence-electron chi connectivity index (χ4n) is 4.01. The quantitative estimate of drug-likeness (QED) is 0.537. The molecule has 0 radical (unpaired) electrons. The number of ether oxygens (including phenoxy) is 2. The molecule has 1 aliphatic heterocycles. The zero-order valence-corrected chi connectivity index (χ0v) is 20.0. The standard InChI is InChI=1S/C25H30ClFN2O4/c1-4-32-25(31)12-20-11-21(26)7-10-23(20)33-16-24(30)29-14-17(2)28(13-18(29)3)15-19-5-8-22(27)9-6-19/h5-11,17-18H,4,12-16H2,1-3H3/t17-,18+/m0/s1. The van der Waals surface area contributed by atoms with Crippen molar-refractivity contribution in [1.29, 1.82) is 0 Å². The molecule has 0 saturated carbocycles. The van der Waals surface area contributed by atoms with Crippen molar-refractivity contribution < 1.29 is 23.5 Å². The molecule has 1 heterocycles. The molecule has 6 nitrogen and oxygen atoms in total. The van der Waals surface area contributed by atoms with Crippen molar-refractivity contribution in [2.75, 3.05) is 26.3 Å². The molecule has 0 aromatic heterocycles. The SMILES string of the molecule is CCOC(=O)Cc1cc(Cl)ccc1OCC(=O)N1C[C@H](C)N(Cc2ccc(F)cc2)C[C@H]1C. The van der Waals surface area contributed by atoms with Crippen molar-refractivity contribution in [2.45, 2.75) is 45.8 Å². The zero-order valence-electron chi connectivity index (χ0n) is 19.2. The fourth-order valence-corrected chi connectivity index (χ4v) is 4.20. The Balaban J connectivity index is 1.59. The first kappa shape index (κ1) is 25.0. The fraction of sp³-hybridized carbons (Fsp3) is 0.440. The number of benzene rings is 2. The van der Waals surface area contributed by atoms with Crippen LogP contribution in [-0.2, 0) is 27.3 Å². The van der Waals surface area contributed by atoms with Gasteiger partial charge in [0.15, 0.2) is 6.61 Å². The molecular weight excluding hydrogens is 447 g/mol. The number of esters is 1. The number of halogens is 2. The van der Waals surface area contributed by atoms with E-state index in [2.05, 4.69) is 11.8 Å². The maximum Gasteiger partial charge on any atom is 0.310 e. The maximum atomic E-state index is 13.2. The van der Waals surface area contributed by atoms with E-state index in [1.807, 2.05) is 11.8 Å². The molecule has 0 spiro atoms. The van der Waals surface area contributed by atoms with Crippen molar-refractivity contribution in [1.82, 2.24) is 9.80 Å². The Bertz CT molecular complexity index is 969. The normalized spacial score (nSPS) is 18.8. The minimum atomic E-state index is -0.379. The molecular formula is C25H30ClFN2O4. The van der Waals surface area contributed by atoms with Gasteiger partial charge in [-0.25, -0.2) is 4.39 Å². The highest BCUT2D eigenvalue weighted by atomic mass is 35.5. The summed E-state index contributed by atoms with van der Waals surface area (Å²) in [5.74, 6) is -0.304. The van der Waals surface area contributed by atoms with Gasteiger partial charge < -0.3 is 14.4 Å². The molecule has 1 saturated heterocycles. The van der Waals surface area contributed by atoms with Crippen LogP contribution in [0.25, 0.3) is 0 Å². The van der Waals surface area contributed by atoms with Gasteiger partial charge in [0.25, 0.3) is 5.91 Å². The smallest absolute Gasteiger partial charge is 0.310 e. The summed E-state index contributed by atoms with van der Waals surface area (Å²) in [5.41, 5.74) is 1.62. The van der Waals surface area contributed by atoms with E-state index in [-0.39, 0.29) is 49.4 Å². The van der Waals surface area contributed by atoms with E-state index in [0.29, 0.717) is 36.0 Å². The Morgan fingerprint density at radius 3 is 2.52 bits per heavy atom. The summed E-state index contributed by atoms with van der Waals surface area (Å²) in [6.45, 7) is 7.97. The van der Waals surface area contributed by atoms with Crippen LogP contribution in [0.3, 0.4) is 0 Å². The predicted octanol–water partition coefficient (Wildman–Crippen LogP) is 4.08. The Labute approximate surface area is 199 Å². The maximum absolute atomic E-state index is 13.2. The molecule has 3 rings (SSSR count). The number of hydrogen-bond acceptors (Lipinski definition) is 5. The third-order valence-corrected chi connectivity index (χ3v) is 5.98. The van der Waals surface area contributed by atoms with E-state index >= 15 is 0 Å². The molecule has 1 aliphatic rings. The van der Waals surface area contributed by atoms with E-state index in [1.165, 1.54) is 12.1 Å². The second-order valence-corrected chi connectivity index (χ2v) is 8.76. The van der Waals surface area contributed by atoms with Gasteiger partial charge in [0, 0.05) is 42.3 Å². The molecule has 1 amide bonds. The highest BCUT2D eigenvalue weighted by molar-refractivity contribution is 6.30. The average molecular weight is 477 g/mol. The third-order valence-electron chi connectivity index (χ3n) is 5.75. The lowest BCUT2D eigenvalue weighted by Gasteiger charge is -2.44. The molecule has 33 heavy (non-hydrogen) atoms. The minimum Gasteiger partial charge on any atom is -0.483 e. The highest BCUT2D eigenvalue weighted by Gasteiger charge is 2.32. The number of nitrogens with zero attached hydrogens (tertiary/aromatic N) is 2. The Morgan fingerprint density at radius 2 is 1.82 bits per heavy atom. The third kappa shape index (κ3) is 6.92. The molecule has 0 unspecified atom stereocenters. The number of rotatable bonds is 8. The summed E-state index contributed by atoms with van der Waals surface area (Å²) in [6, 6.07) is 11.6. The lowest BCUT2D eigenvalue weighted by atomic mass is 10.1. The van der Waals surface area contributed by atoms with Crippen LogP contribution in [0.1, 0.15) is 31.9 Å². The Hall–Kier alpha value is -2.64. The first-order valence-corrected chi connectivity index (χ1v) is 11.5. The highest BCUT2D eigenvalue weighted by Crippen LogP contribution is 2.25. The van der Waals surface area contributed by atoms with Gasteiger partial charge >= 0.3 is 5.97 Å². The number of carbonyl (C=O) groups is 2. The Morgan fingerprint density at radius 1 is 1.09 bits per heavy atom. The predicted molar refractivity (Wildman–Crippen MR) is 125 cm³/mol. The number of piperazine rings is 1. The van der Waals surface area contributed by atoms with Crippen molar-refractivity contribution in [3.63, 3.8) is 0 Å². The van der Waals surface area contributed by atoms with Gasteiger partial charge in [-0.2, -0.15) is 0 Å². The van der Waals surface area contributed by atoms with Gasteiger partial charge in [-0.1, -0.05) is 23.7 Å². The van der Waals surface area contributed by atoms with Crippen LogP contribution in [0.2, 0.25) is 5.02 Å². The van der Waals surface area contributed by atoms with Crippen LogP contribution in [0.4, 0.5) is 4.39 Å². The van der Waals surface area contributed by atoms with Gasteiger partial charge in [0.2, 0.25) is 0 Å². The first-order valence-electron chi connectivity index (χ1n) is 11.1. The van der Waals surface area contributed by atoms with E-state index in [1.54, 1.807) is 37.3 Å². The lowest BCUT2D eigenvalue weighted by Crippen LogP contribution is -2.58. The molecule has 2 aromatic rings. The van der Waals surface area contributed by atoms with Crippen LogP contribution in [0.15, 0.2) is 42.5 Å². The van der Waals surface area contributed by atoms with Gasteiger partial charge in [0.05, 0.1) is 13.0 Å². The first-order chi connectivity index (χ1) is 15.8. The van der Waals surface area contributed by atoms with Crippen molar-refractivity contribution >= 4 is 23.5 Å². The van der Waals surface area contributed by atoms with Gasteiger partial charge in [-0.15, -0.1) is 0 Å². The second kappa shape index (κ2) is 11.5. The molecule has 8 heteroatoms. The molecule has 0 aliphatic carbocycles. The van der Waals surface area contributed by atoms with Crippen molar-refractivity contribution in [3.05, 3.63) is 64.4 Å². The van der Waals surface area contributed by atoms with E-state index in [0.717, 1.165) is 5.56 Å². The minimum absolute atomic E-state index is 0.00182. The van der Waals surface area contributed by atoms with Crippen LogP contribution in [0.5, 0.6) is 5.75 Å². The summed E-state index contributed by atoms with van der Waals surface area (Å²) in [6.07, 6.45) is 0.0213. The zero-order chi connectivity index (χ0) is 24.0. The monoisotopic (exact) mass is 476 g/mol. The molecule has 0 N–H and O–H groups in total. The summed E-state index contributed by atoms with van der Waals surface area (Å²) >= 11 is 6.07. The molecule has 178 valence electrons. The van der Waals surface area contributed by atoms with Gasteiger partial charge in [-0.3, -0.25) is 14.5 Å². The lowest BCUT2D eigenvalue weighted by molar-refractivity contribution is -0.142. The van der Waals surface area contributed by atoms with Gasteiger partial charge in [0.1, 0.15) is 11.6 Å². The molecule has 0 bridgehead atoms. The number of hydrogen-bond donors (Lipinski definition) is 0. The molecule has 1 fully saturated rings. The Kier molecular flexibility index (Phi) is 8.69. The molecule has 2 atom stereocenters. The van der Waals surface area contributed by atoms with Crippen LogP contribution in [-0.4, -0.2) is 60.1 Å². The summed E-state index contributed by atoms with van der Waals surface area (Å²) in [4.78, 5) is 29.0. The van der Waals surface area contributed by atoms with E-state index in [4.69, 9.17) is 21.1 Å². The second-order valence-electron chi connectivity index (χ2n) is 8.32. The van der Waals surface area contributed by atoms with E-state index in [9.17, 15) is 14.0 Å². The van der Waals surface area contributed by atoms with Crippen LogP contribution < -0.4 is 4.74 Å². The van der Waals surface area contributed by atoms with Crippen LogP contribution in [0, 0.1) is 5.82 Å². The van der Waals surface area contributed by atoms with Crippen molar-refractivity contribution in [3.8, 4) is 5.75 Å². The number of carbonyl (C=O) groups excluding carboxylic acids is 2. The number of amides is 1. The average Bonchev–Trinajstić information content (AvgIpc) is 2.77. The van der Waals surface area contributed by atoms with E-state index < -0.39 is 0 Å². The molecule has 2 aromatic carbocycles.